The molecular weight excluding hydrogens is 366 g/mol. The van der Waals surface area contributed by atoms with Crippen LogP contribution in [0.15, 0.2) is 57.5 Å². The highest BCUT2D eigenvalue weighted by atomic mass is 32.2. The SMILES string of the molecule is O=C(CSc1nnc(Cc2ccccc2)o1)N1CCCC1c1cccs1. The van der Waals surface area contributed by atoms with Crippen molar-refractivity contribution in [1.82, 2.24) is 15.1 Å². The maximum absolute atomic E-state index is 12.6. The summed E-state index contributed by atoms with van der Waals surface area (Å²) in [6.45, 7) is 0.824. The molecule has 1 aliphatic rings. The number of thiophene rings is 1. The van der Waals surface area contributed by atoms with E-state index in [1.54, 1.807) is 11.3 Å². The largest absolute Gasteiger partial charge is 0.416 e. The van der Waals surface area contributed by atoms with E-state index in [-0.39, 0.29) is 11.9 Å². The Morgan fingerprint density at radius 1 is 1.23 bits per heavy atom. The standard InChI is InChI=1S/C19H19N3O2S2/c23-18(22-10-4-8-15(22)16-9-5-11-25-16)13-26-19-21-20-17(24-19)12-14-6-2-1-3-7-14/h1-3,5-7,9,11,15H,4,8,10,12-13H2. The molecule has 7 heteroatoms. The number of aromatic nitrogens is 2. The van der Waals surface area contributed by atoms with Crippen LogP contribution in [0.5, 0.6) is 0 Å². The molecule has 0 spiro atoms. The van der Waals surface area contributed by atoms with Gasteiger partial charge in [-0.05, 0) is 29.9 Å². The number of amides is 1. The average Bonchev–Trinajstić information content (AvgIpc) is 3.41. The van der Waals surface area contributed by atoms with Crippen LogP contribution in [0, 0.1) is 0 Å². The quantitative estimate of drug-likeness (QED) is 0.596. The normalized spacial score (nSPS) is 16.9. The summed E-state index contributed by atoms with van der Waals surface area (Å²) in [4.78, 5) is 15.9. The Morgan fingerprint density at radius 2 is 2.12 bits per heavy atom. The van der Waals surface area contributed by atoms with Gasteiger partial charge in [0.05, 0.1) is 18.2 Å². The number of benzene rings is 1. The van der Waals surface area contributed by atoms with Gasteiger partial charge in [-0.15, -0.1) is 21.5 Å². The van der Waals surface area contributed by atoms with Crippen LogP contribution in [-0.2, 0) is 11.2 Å². The summed E-state index contributed by atoms with van der Waals surface area (Å²) in [6.07, 6.45) is 2.70. The van der Waals surface area contributed by atoms with Crippen molar-refractivity contribution >= 4 is 29.0 Å². The molecule has 26 heavy (non-hydrogen) atoms. The molecule has 1 saturated heterocycles. The van der Waals surface area contributed by atoms with Crippen LogP contribution >= 0.6 is 23.1 Å². The van der Waals surface area contributed by atoms with Gasteiger partial charge < -0.3 is 9.32 Å². The first-order valence-electron chi connectivity index (χ1n) is 8.61. The molecule has 0 radical (unpaired) electrons. The zero-order valence-electron chi connectivity index (χ0n) is 14.2. The van der Waals surface area contributed by atoms with Crippen molar-refractivity contribution < 1.29 is 9.21 Å². The van der Waals surface area contributed by atoms with Gasteiger partial charge in [-0.3, -0.25) is 4.79 Å². The van der Waals surface area contributed by atoms with Gasteiger partial charge in [0.1, 0.15) is 0 Å². The predicted molar refractivity (Wildman–Crippen MR) is 102 cm³/mol. The van der Waals surface area contributed by atoms with Crippen molar-refractivity contribution in [3.63, 3.8) is 0 Å². The minimum atomic E-state index is 0.133. The highest BCUT2D eigenvalue weighted by molar-refractivity contribution is 7.99. The Labute approximate surface area is 160 Å². The van der Waals surface area contributed by atoms with Crippen molar-refractivity contribution in [2.24, 2.45) is 0 Å². The summed E-state index contributed by atoms with van der Waals surface area (Å²) in [5.41, 5.74) is 1.12. The number of likely N-dealkylation sites (tertiary alicyclic amines) is 1. The molecule has 0 saturated carbocycles. The molecule has 134 valence electrons. The molecule has 1 amide bonds. The summed E-state index contributed by atoms with van der Waals surface area (Å²) in [6, 6.07) is 14.4. The van der Waals surface area contributed by atoms with Crippen LogP contribution in [0.3, 0.4) is 0 Å². The van der Waals surface area contributed by atoms with Crippen LogP contribution in [0.2, 0.25) is 0 Å². The lowest BCUT2D eigenvalue weighted by molar-refractivity contribution is -0.129. The van der Waals surface area contributed by atoms with Gasteiger partial charge >= 0.3 is 0 Å². The zero-order chi connectivity index (χ0) is 17.8. The molecule has 0 bridgehead atoms. The Hall–Kier alpha value is -2.12. The van der Waals surface area contributed by atoms with Crippen LogP contribution < -0.4 is 0 Å². The minimum absolute atomic E-state index is 0.133. The summed E-state index contributed by atoms with van der Waals surface area (Å²) < 4.78 is 5.67. The average molecular weight is 386 g/mol. The molecule has 5 nitrogen and oxygen atoms in total. The number of rotatable bonds is 6. The van der Waals surface area contributed by atoms with Crippen molar-refractivity contribution in [2.75, 3.05) is 12.3 Å². The zero-order valence-corrected chi connectivity index (χ0v) is 15.8. The lowest BCUT2D eigenvalue weighted by atomic mass is 10.2. The lowest BCUT2D eigenvalue weighted by Gasteiger charge is -2.23. The monoisotopic (exact) mass is 385 g/mol. The van der Waals surface area contributed by atoms with Gasteiger partial charge in [0.15, 0.2) is 0 Å². The fourth-order valence-corrected chi connectivity index (χ4v) is 4.73. The molecule has 0 N–H and O–H groups in total. The third-order valence-corrected chi connectivity index (χ3v) is 6.19. The fraction of sp³-hybridized carbons (Fsp3) is 0.316. The maximum Gasteiger partial charge on any atom is 0.277 e. The molecule has 3 aromatic rings. The Balaban J connectivity index is 1.33. The van der Waals surface area contributed by atoms with E-state index in [0.717, 1.165) is 24.9 Å². The van der Waals surface area contributed by atoms with Crippen LogP contribution in [0.1, 0.15) is 35.2 Å². The van der Waals surface area contributed by atoms with E-state index in [4.69, 9.17) is 4.42 Å². The number of thioether (sulfide) groups is 1. The van der Waals surface area contributed by atoms with Gasteiger partial charge in [-0.1, -0.05) is 48.2 Å². The van der Waals surface area contributed by atoms with Gasteiger partial charge in [-0.25, -0.2) is 0 Å². The van der Waals surface area contributed by atoms with Crippen molar-refractivity contribution in [3.05, 3.63) is 64.2 Å². The molecule has 4 rings (SSSR count). The highest BCUT2D eigenvalue weighted by Crippen LogP contribution is 2.35. The van der Waals surface area contributed by atoms with E-state index in [1.165, 1.54) is 16.6 Å². The molecule has 3 heterocycles. The second-order valence-electron chi connectivity index (χ2n) is 6.17. The van der Waals surface area contributed by atoms with E-state index < -0.39 is 0 Å². The van der Waals surface area contributed by atoms with Crippen molar-refractivity contribution in [3.8, 4) is 0 Å². The molecule has 0 aliphatic carbocycles. The number of carbonyl (C=O) groups excluding carboxylic acids is 1. The first-order valence-corrected chi connectivity index (χ1v) is 10.5. The van der Waals surface area contributed by atoms with E-state index in [1.807, 2.05) is 41.3 Å². The Bertz CT molecular complexity index is 849. The van der Waals surface area contributed by atoms with Gasteiger partial charge in [0.2, 0.25) is 11.8 Å². The first-order chi connectivity index (χ1) is 12.8. The number of hydrogen-bond acceptors (Lipinski definition) is 6. The number of hydrogen-bond donors (Lipinski definition) is 0. The van der Waals surface area contributed by atoms with E-state index >= 15 is 0 Å². The van der Waals surface area contributed by atoms with Crippen LogP contribution in [-0.4, -0.2) is 33.3 Å². The van der Waals surface area contributed by atoms with E-state index in [0.29, 0.717) is 23.3 Å². The van der Waals surface area contributed by atoms with Crippen molar-refractivity contribution in [1.29, 1.82) is 0 Å². The second kappa shape index (κ2) is 8.05. The molecular formula is C19H19N3O2S2. The summed E-state index contributed by atoms with van der Waals surface area (Å²) >= 11 is 3.04. The second-order valence-corrected chi connectivity index (χ2v) is 8.08. The van der Waals surface area contributed by atoms with Crippen molar-refractivity contribution in [2.45, 2.75) is 30.5 Å². The highest BCUT2D eigenvalue weighted by Gasteiger charge is 2.30. The van der Waals surface area contributed by atoms with Gasteiger partial charge in [0.25, 0.3) is 5.22 Å². The van der Waals surface area contributed by atoms with Crippen LogP contribution in [0.4, 0.5) is 0 Å². The lowest BCUT2D eigenvalue weighted by Crippen LogP contribution is -2.31. The van der Waals surface area contributed by atoms with Gasteiger partial charge in [0, 0.05) is 11.4 Å². The summed E-state index contributed by atoms with van der Waals surface area (Å²) in [7, 11) is 0. The predicted octanol–water partition coefficient (Wildman–Crippen LogP) is 4.18. The molecule has 1 atom stereocenters. The van der Waals surface area contributed by atoms with Gasteiger partial charge in [-0.2, -0.15) is 0 Å². The summed E-state index contributed by atoms with van der Waals surface area (Å²) in [5.74, 6) is 1.03. The number of carbonyl (C=O) groups is 1. The Kier molecular flexibility index (Phi) is 5.36. The third-order valence-electron chi connectivity index (χ3n) is 4.41. The molecule has 1 aliphatic heterocycles. The topological polar surface area (TPSA) is 59.2 Å². The number of nitrogens with zero attached hydrogens (tertiary/aromatic N) is 3. The van der Waals surface area contributed by atoms with Crippen LogP contribution in [0.25, 0.3) is 0 Å². The summed E-state index contributed by atoms with van der Waals surface area (Å²) in [5, 5.41) is 10.7. The minimum Gasteiger partial charge on any atom is -0.416 e. The van der Waals surface area contributed by atoms with E-state index in [2.05, 4.69) is 21.6 Å². The Morgan fingerprint density at radius 3 is 2.92 bits per heavy atom. The molecule has 1 fully saturated rings. The third kappa shape index (κ3) is 3.99. The van der Waals surface area contributed by atoms with E-state index in [9.17, 15) is 4.79 Å². The molecule has 2 aromatic heterocycles. The molecule has 1 aromatic carbocycles. The smallest absolute Gasteiger partial charge is 0.277 e. The maximum atomic E-state index is 12.6. The molecule has 1 unspecified atom stereocenters. The first kappa shape index (κ1) is 17.3. The fourth-order valence-electron chi connectivity index (χ4n) is 3.19.